The van der Waals surface area contributed by atoms with Gasteiger partial charge in [-0.3, -0.25) is 4.98 Å². The Hall–Kier alpha value is -2.74. The zero-order valence-electron chi connectivity index (χ0n) is 15.6. The molecule has 0 saturated heterocycles. The molecular formula is C23H12Br2ClNO4. The fourth-order valence-corrected chi connectivity index (χ4v) is 4.41. The quantitative estimate of drug-likeness (QED) is 0.201. The van der Waals surface area contributed by atoms with Crippen LogP contribution >= 0.6 is 43.5 Å². The number of pyridine rings is 1. The average Bonchev–Trinajstić information content (AvgIpc) is 2.77. The minimum atomic E-state index is -0.586. The van der Waals surface area contributed by atoms with Gasteiger partial charge in [-0.15, -0.1) is 0 Å². The summed E-state index contributed by atoms with van der Waals surface area (Å²) < 4.78 is 12.4. The highest BCUT2D eigenvalue weighted by Gasteiger charge is 2.17. The van der Waals surface area contributed by atoms with E-state index in [0.717, 1.165) is 9.86 Å². The number of esters is 2. The molecular weight excluding hydrogens is 550 g/mol. The molecule has 0 bridgehead atoms. The van der Waals surface area contributed by atoms with Crippen LogP contribution in [0.15, 0.2) is 81.9 Å². The average molecular weight is 562 g/mol. The van der Waals surface area contributed by atoms with E-state index in [2.05, 4.69) is 36.8 Å². The van der Waals surface area contributed by atoms with Crippen LogP contribution in [-0.4, -0.2) is 16.9 Å². The van der Waals surface area contributed by atoms with Crippen LogP contribution in [0, 0.1) is 0 Å². The molecule has 0 aliphatic carbocycles. The van der Waals surface area contributed by atoms with E-state index < -0.39 is 11.9 Å². The Kier molecular flexibility index (Phi) is 6.36. The van der Waals surface area contributed by atoms with Gasteiger partial charge in [0.25, 0.3) is 0 Å². The van der Waals surface area contributed by atoms with Crippen LogP contribution in [0.2, 0.25) is 5.02 Å². The minimum absolute atomic E-state index is 0.257. The van der Waals surface area contributed by atoms with Gasteiger partial charge >= 0.3 is 11.9 Å². The molecule has 5 nitrogen and oxygen atoms in total. The predicted molar refractivity (Wildman–Crippen MR) is 125 cm³/mol. The molecule has 1 heterocycles. The van der Waals surface area contributed by atoms with Gasteiger partial charge in [0.15, 0.2) is 5.75 Å². The normalized spacial score (nSPS) is 10.7. The Morgan fingerprint density at radius 1 is 0.839 bits per heavy atom. The summed E-state index contributed by atoms with van der Waals surface area (Å²) in [6.45, 7) is 0. The van der Waals surface area contributed by atoms with Crippen molar-refractivity contribution in [1.82, 2.24) is 4.98 Å². The molecule has 31 heavy (non-hydrogen) atoms. The second kappa shape index (κ2) is 9.18. The molecule has 0 N–H and O–H groups in total. The predicted octanol–water partition coefficient (Wildman–Crippen LogP) is 6.85. The highest BCUT2D eigenvalue weighted by Crippen LogP contribution is 2.37. The first-order chi connectivity index (χ1) is 14.9. The number of aromatic nitrogens is 1. The first-order valence-electron chi connectivity index (χ1n) is 8.95. The lowest BCUT2D eigenvalue weighted by Gasteiger charge is -2.11. The molecule has 0 fully saturated rings. The zero-order valence-corrected chi connectivity index (χ0v) is 19.6. The van der Waals surface area contributed by atoms with Gasteiger partial charge in [-0.2, -0.15) is 0 Å². The van der Waals surface area contributed by atoms with Crippen LogP contribution < -0.4 is 9.47 Å². The van der Waals surface area contributed by atoms with Crippen LogP contribution in [0.25, 0.3) is 10.9 Å². The lowest BCUT2D eigenvalue weighted by molar-refractivity contribution is 0.0731. The second-order valence-electron chi connectivity index (χ2n) is 6.35. The Morgan fingerprint density at radius 2 is 1.58 bits per heavy atom. The van der Waals surface area contributed by atoms with Crippen molar-refractivity contribution in [2.45, 2.75) is 0 Å². The number of benzene rings is 3. The van der Waals surface area contributed by atoms with Gasteiger partial charge in [-0.1, -0.05) is 45.7 Å². The van der Waals surface area contributed by atoms with Gasteiger partial charge < -0.3 is 9.47 Å². The van der Waals surface area contributed by atoms with Gasteiger partial charge in [0.1, 0.15) is 11.3 Å². The molecule has 154 valence electrons. The number of rotatable bonds is 4. The van der Waals surface area contributed by atoms with Crippen molar-refractivity contribution < 1.29 is 19.1 Å². The number of ether oxygens (including phenoxy) is 2. The molecule has 4 aromatic rings. The molecule has 0 spiro atoms. The van der Waals surface area contributed by atoms with E-state index in [4.69, 9.17) is 21.1 Å². The largest absolute Gasteiger partial charge is 0.423 e. The van der Waals surface area contributed by atoms with Gasteiger partial charge in [-0.25, -0.2) is 9.59 Å². The van der Waals surface area contributed by atoms with Gasteiger partial charge in [0.2, 0.25) is 0 Å². The maximum absolute atomic E-state index is 12.7. The van der Waals surface area contributed by atoms with Crippen LogP contribution in [-0.2, 0) is 0 Å². The summed E-state index contributed by atoms with van der Waals surface area (Å²) in [6, 6.07) is 18.1. The molecule has 3 aromatic carbocycles. The SMILES string of the molecule is O=C(Oc1c(Br)cc(Br)c2cccnc12)c1ccc(OC(=O)c2ccccc2Cl)cc1. The molecule has 8 heteroatoms. The van der Waals surface area contributed by atoms with Crippen LogP contribution in [0.4, 0.5) is 0 Å². The third kappa shape index (κ3) is 4.63. The first-order valence-corrected chi connectivity index (χ1v) is 10.9. The van der Waals surface area contributed by atoms with Crippen molar-refractivity contribution in [3.05, 3.63) is 98.0 Å². The number of nitrogens with zero attached hydrogens (tertiary/aromatic N) is 1. The van der Waals surface area contributed by atoms with E-state index in [9.17, 15) is 9.59 Å². The molecule has 0 unspecified atom stereocenters. The maximum atomic E-state index is 12.7. The van der Waals surface area contributed by atoms with Gasteiger partial charge in [-0.05, 0) is 64.5 Å². The highest BCUT2D eigenvalue weighted by molar-refractivity contribution is 9.11. The standard InChI is InChI=1S/C23H12Br2ClNO4/c24-17-12-18(25)21(20-15(17)5-3-11-27-20)31-22(28)13-7-9-14(10-8-13)30-23(29)16-4-1-2-6-19(16)26/h1-12H. The Morgan fingerprint density at radius 3 is 2.32 bits per heavy atom. The first kappa shape index (κ1) is 21.5. The van der Waals surface area contributed by atoms with Crippen LogP contribution in [0.1, 0.15) is 20.7 Å². The van der Waals surface area contributed by atoms with Gasteiger partial charge in [0, 0.05) is 16.1 Å². The fourth-order valence-electron chi connectivity index (χ4n) is 2.84. The van der Waals surface area contributed by atoms with E-state index >= 15 is 0 Å². The van der Waals surface area contributed by atoms with Crippen molar-refractivity contribution in [2.75, 3.05) is 0 Å². The number of carbonyl (C=O) groups is 2. The van der Waals surface area contributed by atoms with E-state index in [1.807, 2.05) is 6.07 Å². The Bertz CT molecular complexity index is 1310. The van der Waals surface area contributed by atoms with Crippen molar-refractivity contribution in [3.63, 3.8) is 0 Å². The molecule has 0 amide bonds. The maximum Gasteiger partial charge on any atom is 0.345 e. The third-order valence-corrected chi connectivity index (χ3v) is 5.91. The van der Waals surface area contributed by atoms with Crippen molar-refractivity contribution in [1.29, 1.82) is 0 Å². The fraction of sp³-hybridized carbons (Fsp3) is 0. The number of hydrogen-bond donors (Lipinski definition) is 0. The smallest absolute Gasteiger partial charge is 0.345 e. The lowest BCUT2D eigenvalue weighted by atomic mass is 10.2. The molecule has 0 saturated carbocycles. The summed E-state index contributed by atoms with van der Waals surface area (Å²) in [7, 11) is 0. The molecule has 0 radical (unpaired) electrons. The summed E-state index contributed by atoms with van der Waals surface area (Å²) in [5, 5.41) is 1.11. The Balaban J connectivity index is 1.53. The molecule has 0 aliphatic rings. The molecule has 4 rings (SSSR count). The minimum Gasteiger partial charge on any atom is -0.423 e. The van der Waals surface area contributed by atoms with Crippen LogP contribution in [0.3, 0.4) is 0 Å². The van der Waals surface area contributed by atoms with Crippen LogP contribution in [0.5, 0.6) is 11.5 Å². The summed E-state index contributed by atoms with van der Waals surface area (Å²) in [6.07, 6.45) is 1.63. The van der Waals surface area contributed by atoms with E-state index in [1.165, 1.54) is 24.3 Å². The molecule has 0 atom stereocenters. The number of fused-ring (bicyclic) bond motifs is 1. The van der Waals surface area contributed by atoms with Gasteiger partial charge in [0.05, 0.1) is 20.6 Å². The highest BCUT2D eigenvalue weighted by atomic mass is 79.9. The van der Waals surface area contributed by atoms with E-state index in [0.29, 0.717) is 20.8 Å². The summed E-state index contributed by atoms with van der Waals surface area (Å²) >= 11 is 12.9. The summed E-state index contributed by atoms with van der Waals surface area (Å²) in [5.74, 6) is -0.562. The number of hydrogen-bond acceptors (Lipinski definition) is 5. The second-order valence-corrected chi connectivity index (χ2v) is 8.47. The number of halogens is 3. The summed E-state index contributed by atoms with van der Waals surface area (Å²) in [4.78, 5) is 29.3. The van der Waals surface area contributed by atoms with E-state index in [-0.39, 0.29) is 16.9 Å². The van der Waals surface area contributed by atoms with E-state index in [1.54, 1.807) is 42.6 Å². The monoisotopic (exact) mass is 559 g/mol. The number of carbonyl (C=O) groups excluding carboxylic acids is 2. The topological polar surface area (TPSA) is 65.5 Å². The lowest BCUT2D eigenvalue weighted by Crippen LogP contribution is -2.11. The molecule has 1 aromatic heterocycles. The van der Waals surface area contributed by atoms with Crippen molar-refractivity contribution >= 4 is 66.3 Å². The van der Waals surface area contributed by atoms with Crippen molar-refractivity contribution in [3.8, 4) is 11.5 Å². The molecule has 0 aliphatic heterocycles. The Labute approximate surface area is 199 Å². The summed E-state index contributed by atoms with van der Waals surface area (Å²) in [5.41, 5.74) is 1.09. The van der Waals surface area contributed by atoms with Crippen molar-refractivity contribution in [2.24, 2.45) is 0 Å². The third-order valence-electron chi connectivity index (χ3n) is 4.34. The zero-order chi connectivity index (χ0) is 22.0.